The number of fused-ring (bicyclic) bond motifs is 1. The molecule has 0 aromatic heterocycles. The van der Waals surface area contributed by atoms with Gasteiger partial charge in [-0.3, -0.25) is 0 Å². The Bertz CT molecular complexity index is 431. The number of nitrogens with one attached hydrogen (secondary N) is 1. The first-order valence-electron chi connectivity index (χ1n) is 5.27. The molecule has 16 heavy (non-hydrogen) atoms. The molecule has 0 unspecified atom stereocenters. The fourth-order valence-corrected chi connectivity index (χ4v) is 2.15. The van der Waals surface area contributed by atoms with Crippen LogP contribution in [-0.2, 0) is 16.0 Å². The second-order valence-electron chi connectivity index (χ2n) is 3.64. The number of carbonyl (C=O) groups is 1. The highest BCUT2D eigenvalue weighted by Gasteiger charge is 2.27. The molecule has 2 rings (SSSR count). The van der Waals surface area contributed by atoms with E-state index in [1.54, 1.807) is 6.92 Å². The average molecular weight is 235 g/mol. The zero-order chi connectivity index (χ0) is 11.5. The molecular formula is C12H13NO2S. The Morgan fingerprint density at radius 3 is 3.06 bits per heavy atom. The third kappa shape index (κ3) is 2.07. The van der Waals surface area contributed by atoms with Crippen LogP contribution in [0.1, 0.15) is 18.1 Å². The molecule has 1 aromatic rings. The maximum absolute atomic E-state index is 11.6. The van der Waals surface area contributed by atoms with Crippen LogP contribution in [0.5, 0.6) is 0 Å². The lowest BCUT2D eigenvalue weighted by Gasteiger charge is -2.25. The molecule has 0 amide bonds. The van der Waals surface area contributed by atoms with Gasteiger partial charge in [0.1, 0.15) is 11.0 Å². The number of esters is 1. The van der Waals surface area contributed by atoms with Crippen LogP contribution in [0.15, 0.2) is 24.3 Å². The van der Waals surface area contributed by atoms with Crippen molar-refractivity contribution in [3.8, 4) is 0 Å². The summed E-state index contributed by atoms with van der Waals surface area (Å²) >= 11 is 5.22. The van der Waals surface area contributed by atoms with Gasteiger partial charge in [-0.25, -0.2) is 4.79 Å². The molecule has 1 heterocycles. The summed E-state index contributed by atoms with van der Waals surface area (Å²) in [7, 11) is 0. The van der Waals surface area contributed by atoms with Crippen molar-refractivity contribution >= 4 is 23.2 Å². The van der Waals surface area contributed by atoms with E-state index in [2.05, 4.69) is 5.32 Å². The molecule has 0 aliphatic carbocycles. The SMILES string of the molecule is CCOC(=O)[C@@H]1Cc2ccccc2C(=S)N1. The first kappa shape index (κ1) is 11.1. The fourth-order valence-electron chi connectivity index (χ4n) is 1.81. The van der Waals surface area contributed by atoms with Gasteiger partial charge in [-0.15, -0.1) is 0 Å². The van der Waals surface area contributed by atoms with Gasteiger partial charge in [0.15, 0.2) is 0 Å². The van der Waals surface area contributed by atoms with E-state index in [9.17, 15) is 4.79 Å². The van der Waals surface area contributed by atoms with Crippen LogP contribution in [0.3, 0.4) is 0 Å². The topological polar surface area (TPSA) is 38.3 Å². The van der Waals surface area contributed by atoms with Crippen molar-refractivity contribution in [2.45, 2.75) is 19.4 Å². The third-order valence-corrected chi connectivity index (χ3v) is 2.90. The predicted octanol–water partition coefficient (Wildman–Crippen LogP) is 1.44. The largest absolute Gasteiger partial charge is 0.464 e. The van der Waals surface area contributed by atoms with Crippen molar-refractivity contribution in [1.82, 2.24) is 5.32 Å². The molecule has 1 aliphatic heterocycles. The number of ether oxygens (including phenoxy) is 1. The molecule has 0 saturated carbocycles. The third-order valence-electron chi connectivity index (χ3n) is 2.56. The molecule has 0 spiro atoms. The minimum absolute atomic E-state index is 0.237. The molecule has 1 N–H and O–H groups in total. The van der Waals surface area contributed by atoms with Gasteiger partial charge in [0, 0.05) is 12.0 Å². The highest BCUT2D eigenvalue weighted by molar-refractivity contribution is 7.80. The van der Waals surface area contributed by atoms with Gasteiger partial charge >= 0.3 is 5.97 Å². The number of rotatable bonds is 2. The number of hydrogen-bond acceptors (Lipinski definition) is 3. The average Bonchev–Trinajstić information content (AvgIpc) is 2.29. The minimum Gasteiger partial charge on any atom is -0.464 e. The molecule has 0 saturated heterocycles. The van der Waals surface area contributed by atoms with Crippen molar-refractivity contribution in [2.75, 3.05) is 6.61 Å². The van der Waals surface area contributed by atoms with E-state index >= 15 is 0 Å². The maximum atomic E-state index is 11.6. The summed E-state index contributed by atoms with van der Waals surface area (Å²) in [6.07, 6.45) is 0.634. The van der Waals surface area contributed by atoms with Crippen LogP contribution in [0.4, 0.5) is 0 Å². The van der Waals surface area contributed by atoms with E-state index in [0.29, 0.717) is 18.0 Å². The van der Waals surface area contributed by atoms with Crippen LogP contribution in [0.2, 0.25) is 0 Å². The lowest BCUT2D eigenvalue weighted by Crippen LogP contribution is -2.46. The highest BCUT2D eigenvalue weighted by Crippen LogP contribution is 2.17. The Kier molecular flexibility index (Phi) is 3.19. The number of hydrogen-bond donors (Lipinski definition) is 1. The number of carbonyl (C=O) groups excluding carboxylic acids is 1. The smallest absolute Gasteiger partial charge is 0.328 e. The fraction of sp³-hybridized carbons (Fsp3) is 0.333. The summed E-state index contributed by atoms with van der Waals surface area (Å²) in [5.41, 5.74) is 2.11. The van der Waals surface area contributed by atoms with Gasteiger partial charge in [-0.05, 0) is 12.5 Å². The summed E-state index contributed by atoms with van der Waals surface area (Å²) in [6.45, 7) is 2.19. The van der Waals surface area contributed by atoms with Crippen LogP contribution >= 0.6 is 12.2 Å². The number of benzene rings is 1. The second-order valence-corrected chi connectivity index (χ2v) is 4.05. The normalized spacial score (nSPS) is 18.6. The minimum atomic E-state index is -0.345. The maximum Gasteiger partial charge on any atom is 0.328 e. The van der Waals surface area contributed by atoms with Crippen molar-refractivity contribution < 1.29 is 9.53 Å². The Hall–Kier alpha value is -1.42. The van der Waals surface area contributed by atoms with Crippen molar-refractivity contribution in [2.24, 2.45) is 0 Å². The van der Waals surface area contributed by atoms with E-state index in [1.807, 2.05) is 24.3 Å². The summed E-state index contributed by atoms with van der Waals surface area (Å²) in [6, 6.07) is 7.51. The molecular weight excluding hydrogens is 222 g/mol. The van der Waals surface area contributed by atoms with E-state index in [-0.39, 0.29) is 12.0 Å². The van der Waals surface area contributed by atoms with Crippen LogP contribution in [0.25, 0.3) is 0 Å². The van der Waals surface area contributed by atoms with Gasteiger partial charge < -0.3 is 10.1 Å². The molecule has 84 valence electrons. The van der Waals surface area contributed by atoms with E-state index in [1.165, 1.54) is 0 Å². The van der Waals surface area contributed by atoms with Crippen molar-refractivity contribution in [1.29, 1.82) is 0 Å². The zero-order valence-electron chi connectivity index (χ0n) is 9.03. The van der Waals surface area contributed by atoms with Crippen LogP contribution in [-0.4, -0.2) is 23.6 Å². The Morgan fingerprint density at radius 2 is 2.31 bits per heavy atom. The molecule has 1 aromatic carbocycles. The molecule has 0 radical (unpaired) electrons. The first-order valence-corrected chi connectivity index (χ1v) is 5.68. The van der Waals surface area contributed by atoms with Gasteiger partial charge in [0.05, 0.1) is 6.61 Å². The van der Waals surface area contributed by atoms with Crippen LogP contribution < -0.4 is 5.32 Å². The lowest BCUT2D eigenvalue weighted by atomic mass is 9.96. The molecule has 3 nitrogen and oxygen atoms in total. The van der Waals surface area contributed by atoms with Crippen molar-refractivity contribution in [3.05, 3.63) is 35.4 Å². The molecule has 4 heteroatoms. The first-order chi connectivity index (χ1) is 7.72. The van der Waals surface area contributed by atoms with Gasteiger partial charge in [-0.2, -0.15) is 0 Å². The van der Waals surface area contributed by atoms with E-state index < -0.39 is 0 Å². The summed E-state index contributed by atoms with van der Waals surface area (Å²) < 4.78 is 4.98. The standard InChI is InChI=1S/C12H13NO2S/c1-2-15-12(14)10-7-8-5-3-4-6-9(8)11(16)13-10/h3-6,10H,2,7H2,1H3,(H,13,16)/t10-/m0/s1. The summed E-state index contributed by atoms with van der Waals surface area (Å²) in [5.74, 6) is -0.237. The number of thiocarbonyl (C=S) groups is 1. The quantitative estimate of drug-likeness (QED) is 0.622. The monoisotopic (exact) mass is 235 g/mol. The molecule has 1 aliphatic rings. The predicted molar refractivity (Wildman–Crippen MR) is 65.4 cm³/mol. The Balaban J connectivity index is 2.21. The van der Waals surface area contributed by atoms with E-state index in [0.717, 1.165) is 11.1 Å². The summed E-state index contributed by atoms with van der Waals surface area (Å²) in [4.78, 5) is 12.2. The molecule has 1 atom stereocenters. The van der Waals surface area contributed by atoms with Gasteiger partial charge in [0.2, 0.25) is 0 Å². The zero-order valence-corrected chi connectivity index (χ0v) is 9.84. The Labute approximate surface area is 99.8 Å². The molecule has 0 bridgehead atoms. The summed E-state index contributed by atoms with van der Waals surface area (Å²) in [5, 5.41) is 3.01. The van der Waals surface area contributed by atoms with Gasteiger partial charge in [-0.1, -0.05) is 36.5 Å². The highest BCUT2D eigenvalue weighted by atomic mass is 32.1. The van der Waals surface area contributed by atoms with E-state index in [4.69, 9.17) is 17.0 Å². The van der Waals surface area contributed by atoms with Crippen molar-refractivity contribution in [3.63, 3.8) is 0 Å². The van der Waals surface area contributed by atoms with Crippen LogP contribution in [0, 0.1) is 0 Å². The second kappa shape index (κ2) is 4.61. The Morgan fingerprint density at radius 1 is 1.56 bits per heavy atom. The van der Waals surface area contributed by atoms with Gasteiger partial charge in [0.25, 0.3) is 0 Å². The molecule has 0 fully saturated rings. The lowest BCUT2D eigenvalue weighted by molar-refractivity contribution is -0.145.